The molecule has 30 heavy (non-hydrogen) atoms. The van der Waals surface area contributed by atoms with Crippen molar-refractivity contribution in [3.05, 3.63) is 78.4 Å². The third kappa shape index (κ3) is 5.32. The molecule has 0 saturated heterocycles. The molecular weight excluding hydrogens is 392 g/mol. The van der Waals surface area contributed by atoms with E-state index < -0.39 is 0 Å². The van der Waals surface area contributed by atoms with Gasteiger partial charge in [-0.2, -0.15) is 0 Å². The lowest BCUT2D eigenvalue weighted by molar-refractivity contribution is 0.491. The lowest BCUT2D eigenvalue weighted by Gasteiger charge is -2.17. The number of benzene rings is 2. The van der Waals surface area contributed by atoms with Crippen LogP contribution in [0.4, 0.5) is 0 Å². The van der Waals surface area contributed by atoms with E-state index in [4.69, 9.17) is 4.98 Å². The maximum Gasteiger partial charge on any atom is 0.124 e. The minimum atomic E-state index is 0. The largest absolute Gasteiger partial charge is 0.361 e. The van der Waals surface area contributed by atoms with Crippen molar-refractivity contribution in [3.8, 4) is 11.3 Å². The van der Waals surface area contributed by atoms with Crippen LogP contribution in [0.1, 0.15) is 50.0 Å². The van der Waals surface area contributed by atoms with E-state index in [0.717, 1.165) is 24.5 Å². The van der Waals surface area contributed by atoms with Gasteiger partial charge in [0.05, 0.1) is 17.9 Å². The summed E-state index contributed by atoms with van der Waals surface area (Å²) in [7, 11) is 0. The number of rotatable bonds is 10. The van der Waals surface area contributed by atoms with Crippen LogP contribution in [0.2, 0.25) is 0 Å². The van der Waals surface area contributed by atoms with Crippen molar-refractivity contribution in [2.75, 3.05) is 6.54 Å². The zero-order chi connectivity index (χ0) is 19.9. The highest BCUT2D eigenvalue weighted by Crippen LogP contribution is 2.25. The Morgan fingerprint density at radius 2 is 1.77 bits per heavy atom. The van der Waals surface area contributed by atoms with Gasteiger partial charge in [-0.1, -0.05) is 74.7 Å². The van der Waals surface area contributed by atoms with E-state index in [9.17, 15) is 0 Å². The van der Waals surface area contributed by atoms with Crippen molar-refractivity contribution in [1.82, 2.24) is 20.3 Å². The molecule has 2 heterocycles. The van der Waals surface area contributed by atoms with Crippen LogP contribution in [0, 0.1) is 0 Å². The van der Waals surface area contributed by atoms with Crippen molar-refractivity contribution in [2.45, 2.75) is 45.1 Å². The summed E-state index contributed by atoms with van der Waals surface area (Å²) in [6.45, 7) is 3.26. The first-order valence-corrected chi connectivity index (χ1v) is 10.7. The van der Waals surface area contributed by atoms with Crippen LogP contribution >= 0.6 is 12.4 Å². The molecule has 3 N–H and O–H groups in total. The van der Waals surface area contributed by atoms with Crippen LogP contribution in [-0.2, 0) is 6.42 Å². The fourth-order valence-corrected chi connectivity index (χ4v) is 3.89. The number of hydrogen-bond donors (Lipinski definition) is 3. The van der Waals surface area contributed by atoms with Gasteiger partial charge in [-0.3, -0.25) is 0 Å². The SMILES string of the molecule is CCCCCCN[C@@H](Cc1c[nH]c2ccccc12)c1ncc(-c2ccccc2)[nH]1.Cl. The predicted octanol–water partition coefficient (Wildman–Crippen LogP) is 6.43. The molecule has 0 spiro atoms. The van der Waals surface area contributed by atoms with Gasteiger partial charge in [-0.05, 0) is 36.6 Å². The molecule has 5 heteroatoms. The molecule has 0 aliphatic rings. The minimum Gasteiger partial charge on any atom is -0.361 e. The van der Waals surface area contributed by atoms with Gasteiger partial charge in [-0.15, -0.1) is 12.4 Å². The first-order chi connectivity index (χ1) is 14.3. The molecule has 0 unspecified atom stereocenters. The van der Waals surface area contributed by atoms with Gasteiger partial charge < -0.3 is 15.3 Å². The van der Waals surface area contributed by atoms with Gasteiger partial charge in [0, 0.05) is 17.1 Å². The second kappa shape index (κ2) is 11.0. The topological polar surface area (TPSA) is 56.5 Å². The summed E-state index contributed by atoms with van der Waals surface area (Å²) < 4.78 is 0. The van der Waals surface area contributed by atoms with Gasteiger partial charge >= 0.3 is 0 Å². The molecule has 4 aromatic rings. The van der Waals surface area contributed by atoms with E-state index >= 15 is 0 Å². The first-order valence-electron chi connectivity index (χ1n) is 10.7. The van der Waals surface area contributed by atoms with Crippen LogP contribution < -0.4 is 5.32 Å². The fraction of sp³-hybridized carbons (Fsp3) is 0.320. The number of hydrogen-bond acceptors (Lipinski definition) is 2. The Bertz CT molecular complexity index is 1020. The minimum absolute atomic E-state index is 0. The standard InChI is InChI=1S/C25H30N4.ClH/c1-2-3-4-10-15-26-23(16-20-17-27-22-14-9-8-13-21(20)22)25-28-18-24(29-25)19-11-6-5-7-12-19;/h5-9,11-14,17-18,23,26-27H,2-4,10,15-16H2,1H3,(H,28,29);1H/t23-;/m0./s1. The zero-order valence-electron chi connectivity index (χ0n) is 17.5. The first kappa shape index (κ1) is 22.1. The van der Waals surface area contributed by atoms with E-state index in [-0.39, 0.29) is 18.4 Å². The third-order valence-corrected chi connectivity index (χ3v) is 5.53. The average Bonchev–Trinajstić information content (AvgIpc) is 3.41. The lowest BCUT2D eigenvalue weighted by Crippen LogP contribution is -2.25. The van der Waals surface area contributed by atoms with Crippen molar-refractivity contribution in [1.29, 1.82) is 0 Å². The Morgan fingerprint density at radius 3 is 2.60 bits per heavy atom. The molecule has 0 amide bonds. The molecule has 0 aliphatic carbocycles. The van der Waals surface area contributed by atoms with Crippen LogP contribution in [0.3, 0.4) is 0 Å². The molecular formula is C25H31ClN4. The van der Waals surface area contributed by atoms with E-state index in [1.807, 2.05) is 12.3 Å². The van der Waals surface area contributed by atoms with E-state index in [0.29, 0.717) is 0 Å². The molecule has 1 atom stereocenters. The predicted molar refractivity (Wildman–Crippen MR) is 128 cm³/mol. The quantitative estimate of drug-likeness (QED) is 0.258. The van der Waals surface area contributed by atoms with Gasteiger partial charge in [0.25, 0.3) is 0 Å². The molecule has 0 radical (unpaired) electrons. The highest BCUT2D eigenvalue weighted by atomic mass is 35.5. The summed E-state index contributed by atoms with van der Waals surface area (Å²) in [6, 6.07) is 19.1. The highest BCUT2D eigenvalue weighted by Gasteiger charge is 2.18. The fourth-order valence-electron chi connectivity index (χ4n) is 3.89. The number of imidazole rings is 1. The number of para-hydroxylation sites is 1. The molecule has 4 nitrogen and oxygen atoms in total. The summed E-state index contributed by atoms with van der Waals surface area (Å²) in [5, 5.41) is 5.05. The molecule has 2 aromatic heterocycles. The number of halogens is 1. The monoisotopic (exact) mass is 422 g/mol. The van der Waals surface area contributed by atoms with Crippen LogP contribution in [0.25, 0.3) is 22.2 Å². The number of fused-ring (bicyclic) bond motifs is 1. The van der Waals surface area contributed by atoms with Crippen LogP contribution in [0.15, 0.2) is 67.0 Å². The Hall–Kier alpha value is -2.56. The van der Waals surface area contributed by atoms with E-state index in [1.165, 1.54) is 47.7 Å². The molecule has 4 rings (SSSR count). The molecule has 2 aromatic carbocycles. The molecule has 0 saturated carbocycles. The Kier molecular flexibility index (Phi) is 8.12. The second-order valence-corrected chi connectivity index (χ2v) is 7.68. The van der Waals surface area contributed by atoms with Gasteiger partial charge in [0.15, 0.2) is 0 Å². The molecule has 158 valence electrons. The van der Waals surface area contributed by atoms with Gasteiger partial charge in [0.2, 0.25) is 0 Å². The van der Waals surface area contributed by atoms with Crippen molar-refractivity contribution in [3.63, 3.8) is 0 Å². The second-order valence-electron chi connectivity index (χ2n) is 7.68. The van der Waals surface area contributed by atoms with Crippen LogP contribution in [0.5, 0.6) is 0 Å². The number of nitrogens with zero attached hydrogens (tertiary/aromatic N) is 1. The smallest absolute Gasteiger partial charge is 0.124 e. The Morgan fingerprint density at radius 1 is 0.967 bits per heavy atom. The lowest BCUT2D eigenvalue weighted by atomic mass is 10.0. The average molecular weight is 423 g/mol. The highest BCUT2D eigenvalue weighted by molar-refractivity contribution is 5.85. The number of nitrogens with one attached hydrogen (secondary N) is 3. The Labute approximate surface area is 184 Å². The van der Waals surface area contributed by atoms with Crippen molar-refractivity contribution < 1.29 is 0 Å². The Balaban J connectivity index is 0.00000256. The summed E-state index contributed by atoms with van der Waals surface area (Å²) in [5.41, 5.74) is 4.75. The zero-order valence-corrected chi connectivity index (χ0v) is 18.3. The summed E-state index contributed by atoms with van der Waals surface area (Å²) in [6.07, 6.45) is 10.0. The number of unbranched alkanes of at least 4 members (excludes halogenated alkanes) is 3. The number of aromatic nitrogens is 3. The normalized spacial score (nSPS) is 12.0. The van der Waals surface area contributed by atoms with Crippen molar-refractivity contribution >= 4 is 23.3 Å². The molecule has 0 aliphatic heterocycles. The summed E-state index contributed by atoms with van der Waals surface area (Å²) in [5.74, 6) is 1.00. The van der Waals surface area contributed by atoms with Gasteiger partial charge in [-0.25, -0.2) is 4.98 Å². The number of H-pyrrole nitrogens is 2. The maximum atomic E-state index is 4.74. The van der Waals surface area contributed by atoms with Crippen molar-refractivity contribution in [2.24, 2.45) is 0 Å². The number of aromatic amines is 2. The maximum absolute atomic E-state index is 4.74. The third-order valence-electron chi connectivity index (χ3n) is 5.53. The molecule has 0 fully saturated rings. The molecule has 0 bridgehead atoms. The van der Waals surface area contributed by atoms with Gasteiger partial charge in [0.1, 0.15) is 5.82 Å². The summed E-state index contributed by atoms with van der Waals surface area (Å²) in [4.78, 5) is 11.7. The summed E-state index contributed by atoms with van der Waals surface area (Å²) >= 11 is 0. The van der Waals surface area contributed by atoms with Crippen LogP contribution in [-0.4, -0.2) is 21.5 Å². The van der Waals surface area contributed by atoms with E-state index in [1.54, 1.807) is 0 Å². The van der Waals surface area contributed by atoms with E-state index in [2.05, 4.69) is 76.9 Å².